The number of hydrogen-bond acceptors (Lipinski definition) is 6. The van der Waals surface area contributed by atoms with E-state index in [9.17, 15) is 18.0 Å². The third kappa shape index (κ3) is 7.07. The summed E-state index contributed by atoms with van der Waals surface area (Å²) in [6.07, 6.45) is 1.53. The minimum Gasteiger partial charge on any atom is -0.497 e. The Morgan fingerprint density at radius 3 is 2.24 bits per heavy atom. The molecular weight excluding hydrogens is 622 g/mol. The number of hydrogen-bond donors (Lipinski definition) is 2. The third-order valence-electron chi connectivity index (χ3n) is 6.36. The predicted molar refractivity (Wildman–Crippen MR) is 167 cm³/mol. The quantitative estimate of drug-likeness (QED) is 0.181. The van der Waals surface area contributed by atoms with Crippen LogP contribution in [0.1, 0.15) is 23.9 Å². The molecular formula is C30H30BrN5O5S. The summed E-state index contributed by atoms with van der Waals surface area (Å²) in [6, 6.07) is 21.9. The molecule has 1 aromatic heterocycles. The summed E-state index contributed by atoms with van der Waals surface area (Å²) < 4.78 is 36.6. The molecule has 4 rings (SSSR count). The first-order valence-electron chi connectivity index (χ1n) is 12.8. The van der Waals surface area contributed by atoms with Crippen molar-refractivity contribution < 1.29 is 22.7 Å². The molecule has 218 valence electrons. The van der Waals surface area contributed by atoms with E-state index in [2.05, 4.69) is 36.3 Å². The van der Waals surface area contributed by atoms with Crippen LogP contribution in [0.3, 0.4) is 0 Å². The number of benzene rings is 3. The Kier molecular flexibility index (Phi) is 9.48. The largest absolute Gasteiger partial charge is 0.497 e. The van der Waals surface area contributed by atoms with Crippen LogP contribution in [0.25, 0.3) is 5.69 Å². The van der Waals surface area contributed by atoms with Crippen LogP contribution in [0.5, 0.6) is 5.75 Å². The van der Waals surface area contributed by atoms with Gasteiger partial charge < -0.3 is 14.6 Å². The van der Waals surface area contributed by atoms with Crippen molar-refractivity contribution in [1.82, 2.24) is 9.99 Å². The molecule has 0 bridgehead atoms. The summed E-state index contributed by atoms with van der Waals surface area (Å²) in [6.45, 7) is 4.76. The molecule has 0 unspecified atom stereocenters. The first-order chi connectivity index (χ1) is 20.0. The van der Waals surface area contributed by atoms with Gasteiger partial charge in [-0.25, -0.2) is 13.8 Å². The molecule has 42 heavy (non-hydrogen) atoms. The predicted octanol–water partition coefficient (Wildman–Crippen LogP) is 5.17. The van der Waals surface area contributed by atoms with Crippen molar-refractivity contribution in [2.45, 2.75) is 25.7 Å². The zero-order valence-electron chi connectivity index (χ0n) is 23.5. The van der Waals surface area contributed by atoms with Gasteiger partial charge in [0.1, 0.15) is 12.3 Å². The number of carbonyl (C=O) groups excluding carboxylic acids is 2. The Bertz CT molecular complexity index is 1720. The molecule has 0 radical (unpaired) electrons. The second kappa shape index (κ2) is 13.0. The van der Waals surface area contributed by atoms with Gasteiger partial charge in [-0.3, -0.25) is 13.9 Å². The molecule has 0 aliphatic carbocycles. The number of ether oxygens (including phenoxy) is 1. The molecule has 0 saturated carbocycles. The van der Waals surface area contributed by atoms with Gasteiger partial charge in [0.2, 0.25) is 5.91 Å². The number of amides is 2. The fraction of sp³-hybridized carbons (Fsp3) is 0.167. The lowest BCUT2D eigenvalue weighted by Crippen LogP contribution is -2.39. The molecule has 0 saturated heterocycles. The molecule has 0 fully saturated rings. The molecule has 3 aromatic carbocycles. The van der Waals surface area contributed by atoms with Gasteiger partial charge >= 0.3 is 0 Å². The monoisotopic (exact) mass is 651 g/mol. The number of hydrazone groups is 1. The molecule has 0 aliphatic rings. The number of halogens is 1. The van der Waals surface area contributed by atoms with Crippen molar-refractivity contribution in [3.63, 3.8) is 0 Å². The minimum absolute atomic E-state index is 0.0518. The Labute approximate surface area is 253 Å². The second-order valence-electron chi connectivity index (χ2n) is 9.35. The van der Waals surface area contributed by atoms with E-state index in [1.807, 2.05) is 44.2 Å². The normalized spacial score (nSPS) is 11.4. The van der Waals surface area contributed by atoms with E-state index in [0.717, 1.165) is 31.4 Å². The maximum Gasteiger partial charge on any atom is 0.264 e. The van der Waals surface area contributed by atoms with Crippen molar-refractivity contribution in [3.05, 3.63) is 100 Å². The van der Waals surface area contributed by atoms with E-state index in [1.54, 1.807) is 24.3 Å². The molecule has 2 amide bonds. The molecule has 2 N–H and O–H groups in total. The van der Waals surface area contributed by atoms with Gasteiger partial charge in [0.05, 0.1) is 23.9 Å². The number of aryl methyl sites for hydroxylation is 1. The summed E-state index contributed by atoms with van der Waals surface area (Å²) in [5.74, 6) is -0.384. The van der Waals surface area contributed by atoms with Gasteiger partial charge in [0, 0.05) is 39.7 Å². The fourth-order valence-corrected chi connectivity index (χ4v) is 6.03. The third-order valence-corrected chi connectivity index (χ3v) is 8.68. The van der Waals surface area contributed by atoms with Gasteiger partial charge in [-0.05, 0) is 92.7 Å². The lowest BCUT2D eigenvalue weighted by Gasteiger charge is -2.24. The van der Waals surface area contributed by atoms with E-state index in [-0.39, 0.29) is 16.5 Å². The molecule has 12 heteroatoms. The smallest absolute Gasteiger partial charge is 0.264 e. The van der Waals surface area contributed by atoms with E-state index in [1.165, 1.54) is 44.5 Å². The Hall–Kier alpha value is -4.42. The zero-order valence-corrected chi connectivity index (χ0v) is 25.9. The number of rotatable bonds is 10. The van der Waals surface area contributed by atoms with Gasteiger partial charge in [-0.15, -0.1) is 0 Å². The lowest BCUT2D eigenvalue weighted by molar-refractivity contribution is -0.119. The summed E-state index contributed by atoms with van der Waals surface area (Å²) in [5, 5.41) is 6.71. The first kappa shape index (κ1) is 30.5. The number of nitrogens with one attached hydrogen (secondary N) is 2. The van der Waals surface area contributed by atoms with Crippen molar-refractivity contribution in [3.8, 4) is 11.4 Å². The minimum atomic E-state index is -4.17. The van der Waals surface area contributed by atoms with Crippen molar-refractivity contribution >= 4 is 55.4 Å². The highest BCUT2D eigenvalue weighted by atomic mass is 79.9. The van der Waals surface area contributed by atoms with Crippen molar-refractivity contribution in [2.24, 2.45) is 5.10 Å². The number of aromatic nitrogens is 1. The number of methoxy groups -OCH3 is 1. The van der Waals surface area contributed by atoms with Crippen molar-refractivity contribution in [1.29, 1.82) is 0 Å². The highest BCUT2D eigenvalue weighted by molar-refractivity contribution is 9.10. The standard InChI is InChI=1S/C30H30BrN5O5S/c1-20-17-23(21(2)36(20)27-9-5-24(31)6-10-27)18-32-34-30(38)19-35(26-11-13-28(41-4)14-12-26)42(39,40)29-15-7-25(8-16-29)33-22(3)37/h5-18H,19H2,1-4H3,(H,33,37)(H,34,38)/b32-18-. The van der Waals surface area contributed by atoms with Crippen LogP contribution in [-0.4, -0.2) is 44.7 Å². The fourth-order valence-electron chi connectivity index (χ4n) is 4.35. The average Bonchev–Trinajstić information content (AvgIpc) is 3.24. The van der Waals surface area contributed by atoms with Gasteiger partial charge in [0.15, 0.2) is 0 Å². The summed E-state index contributed by atoms with van der Waals surface area (Å²) >= 11 is 3.45. The van der Waals surface area contributed by atoms with E-state index in [4.69, 9.17) is 4.74 Å². The van der Waals surface area contributed by atoms with Gasteiger partial charge in [-0.1, -0.05) is 15.9 Å². The number of anilines is 2. The number of sulfonamides is 1. The Morgan fingerprint density at radius 2 is 1.64 bits per heavy atom. The molecule has 1 heterocycles. The van der Waals surface area contributed by atoms with Crippen LogP contribution in [0.4, 0.5) is 11.4 Å². The maximum absolute atomic E-state index is 13.7. The summed E-state index contributed by atoms with van der Waals surface area (Å²) in [4.78, 5) is 24.3. The van der Waals surface area contributed by atoms with E-state index in [0.29, 0.717) is 11.4 Å². The first-order valence-corrected chi connectivity index (χ1v) is 15.0. The second-order valence-corrected chi connectivity index (χ2v) is 12.1. The van der Waals surface area contributed by atoms with Gasteiger partial charge in [-0.2, -0.15) is 5.10 Å². The van der Waals surface area contributed by atoms with Crippen LogP contribution in [0.15, 0.2) is 93.3 Å². The molecule has 0 spiro atoms. The number of carbonyl (C=O) groups is 2. The molecule has 0 aliphatic heterocycles. The molecule has 10 nitrogen and oxygen atoms in total. The highest BCUT2D eigenvalue weighted by Gasteiger charge is 2.27. The molecule has 4 aromatic rings. The zero-order chi connectivity index (χ0) is 30.4. The van der Waals surface area contributed by atoms with Crippen LogP contribution in [-0.2, 0) is 19.6 Å². The maximum atomic E-state index is 13.7. The van der Waals surface area contributed by atoms with Crippen LogP contribution >= 0.6 is 15.9 Å². The average molecular weight is 653 g/mol. The number of nitrogens with zero attached hydrogens (tertiary/aromatic N) is 3. The topological polar surface area (TPSA) is 122 Å². The van der Waals surface area contributed by atoms with Crippen molar-refractivity contribution in [2.75, 3.05) is 23.3 Å². The van der Waals surface area contributed by atoms with Crippen LogP contribution in [0, 0.1) is 13.8 Å². The van der Waals surface area contributed by atoms with Gasteiger partial charge in [0.25, 0.3) is 15.9 Å². The lowest BCUT2D eigenvalue weighted by atomic mass is 10.2. The highest BCUT2D eigenvalue weighted by Crippen LogP contribution is 2.27. The Balaban J connectivity index is 1.55. The van der Waals surface area contributed by atoms with E-state index >= 15 is 0 Å². The van der Waals surface area contributed by atoms with E-state index < -0.39 is 22.5 Å². The SMILES string of the molecule is COc1ccc(N(CC(=O)N/N=C\c2cc(C)n(-c3ccc(Br)cc3)c2C)S(=O)(=O)c2ccc(NC(C)=O)cc2)cc1. The molecule has 0 atom stereocenters. The summed E-state index contributed by atoms with van der Waals surface area (Å²) in [7, 11) is -2.67. The summed E-state index contributed by atoms with van der Waals surface area (Å²) in [5.41, 5.74) is 6.87. The van der Waals surface area contributed by atoms with Crippen LogP contribution in [0.2, 0.25) is 0 Å². The Morgan fingerprint density at radius 1 is 1.00 bits per heavy atom. The van der Waals surface area contributed by atoms with Crippen LogP contribution < -0.4 is 19.8 Å².